The number of rotatable bonds is 4. The van der Waals surface area contributed by atoms with Crippen molar-refractivity contribution in [2.75, 3.05) is 0 Å². The predicted molar refractivity (Wildman–Crippen MR) is 94.5 cm³/mol. The van der Waals surface area contributed by atoms with Crippen LogP contribution in [0.5, 0.6) is 0 Å². The maximum Gasteiger partial charge on any atom is 0.0659 e. The molecule has 3 rings (SSSR count). The van der Waals surface area contributed by atoms with Crippen molar-refractivity contribution in [3.63, 3.8) is 0 Å². The topological polar surface area (TPSA) is 35.6 Å². The van der Waals surface area contributed by atoms with Crippen LogP contribution < -0.4 is 0 Å². The first kappa shape index (κ1) is 14.1. The minimum Gasteiger partial charge on any atom is -0.267 e. The zero-order valence-corrected chi connectivity index (χ0v) is 14.9. The van der Waals surface area contributed by atoms with Crippen molar-refractivity contribution < 1.29 is 0 Å². The molecular weight excluding hydrogens is 478 g/mol. The van der Waals surface area contributed by atoms with E-state index in [0.717, 1.165) is 20.2 Å². The second-order valence-corrected chi connectivity index (χ2v) is 7.02. The molecule has 1 aromatic carbocycles. The number of aromatic nitrogens is 4. The predicted octanol–water partition coefficient (Wildman–Crippen LogP) is 3.39. The molecule has 2 aromatic heterocycles. The number of hydrogen-bond donors (Lipinski definition) is 0. The average Bonchev–Trinajstić information content (AvgIpc) is 3.01. The molecule has 0 aliphatic rings. The first-order valence-corrected chi connectivity index (χ1v) is 8.28. The Kier molecular flexibility index (Phi) is 4.39. The first-order valence-electron chi connectivity index (χ1n) is 6.13. The van der Waals surface area contributed by atoms with Gasteiger partial charge in [-0.2, -0.15) is 10.2 Å². The van der Waals surface area contributed by atoms with Crippen molar-refractivity contribution in [3.8, 4) is 0 Å². The third-order valence-electron chi connectivity index (χ3n) is 2.92. The van der Waals surface area contributed by atoms with Crippen LogP contribution in [-0.2, 0) is 13.1 Å². The Hall–Kier alpha value is -0.900. The molecule has 0 saturated carbocycles. The molecule has 6 heteroatoms. The normalized spacial score (nSPS) is 10.9. The van der Waals surface area contributed by atoms with Gasteiger partial charge in [-0.15, -0.1) is 0 Å². The van der Waals surface area contributed by atoms with Crippen LogP contribution in [0.1, 0.15) is 11.1 Å². The largest absolute Gasteiger partial charge is 0.267 e. The summed E-state index contributed by atoms with van der Waals surface area (Å²) in [6.07, 6.45) is 7.82. The average molecular weight is 490 g/mol. The third kappa shape index (κ3) is 3.60. The Balaban J connectivity index is 1.68. The number of nitrogens with zero attached hydrogens (tertiary/aromatic N) is 4. The highest BCUT2D eigenvalue weighted by atomic mass is 127. The van der Waals surface area contributed by atoms with Crippen LogP contribution in [-0.4, -0.2) is 19.6 Å². The summed E-state index contributed by atoms with van der Waals surface area (Å²) in [6, 6.07) is 8.60. The summed E-state index contributed by atoms with van der Waals surface area (Å²) in [5, 5.41) is 8.60. The summed E-state index contributed by atoms with van der Waals surface area (Å²) < 4.78 is 6.22. The summed E-state index contributed by atoms with van der Waals surface area (Å²) in [5.41, 5.74) is 2.51. The SMILES string of the molecule is Ic1cnn(Cc2ccc(Cn3cc(I)cn3)cc2)c1. The molecule has 0 atom stereocenters. The lowest BCUT2D eigenvalue weighted by atomic mass is 10.1. The Morgan fingerprint density at radius 1 is 0.750 bits per heavy atom. The highest BCUT2D eigenvalue weighted by Crippen LogP contribution is 2.10. The quantitative estimate of drug-likeness (QED) is 0.527. The second kappa shape index (κ2) is 6.25. The summed E-state index contributed by atoms with van der Waals surface area (Å²) in [6.45, 7) is 1.62. The fraction of sp³-hybridized carbons (Fsp3) is 0.143. The number of halogens is 2. The molecule has 102 valence electrons. The van der Waals surface area contributed by atoms with Crippen molar-refractivity contribution in [1.29, 1.82) is 0 Å². The van der Waals surface area contributed by atoms with E-state index in [9.17, 15) is 0 Å². The van der Waals surface area contributed by atoms with Crippen LogP contribution >= 0.6 is 45.2 Å². The van der Waals surface area contributed by atoms with E-state index < -0.39 is 0 Å². The highest BCUT2D eigenvalue weighted by molar-refractivity contribution is 14.1. The van der Waals surface area contributed by atoms with Gasteiger partial charge in [0.25, 0.3) is 0 Å². The van der Waals surface area contributed by atoms with Gasteiger partial charge in [0.1, 0.15) is 0 Å². The van der Waals surface area contributed by atoms with Gasteiger partial charge < -0.3 is 0 Å². The van der Waals surface area contributed by atoms with Crippen molar-refractivity contribution >= 4 is 45.2 Å². The van der Waals surface area contributed by atoms with Gasteiger partial charge in [-0.25, -0.2) is 0 Å². The first-order chi connectivity index (χ1) is 9.69. The zero-order chi connectivity index (χ0) is 13.9. The molecule has 0 aliphatic heterocycles. The summed E-state index contributed by atoms with van der Waals surface area (Å²) in [5.74, 6) is 0. The smallest absolute Gasteiger partial charge is 0.0659 e. The van der Waals surface area contributed by atoms with Crippen molar-refractivity contribution in [2.45, 2.75) is 13.1 Å². The Morgan fingerprint density at radius 2 is 1.15 bits per heavy atom. The second-order valence-electron chi connectivity index (χ2n) is 4.53. The van der Waals surface area contributed by atoms with Crippen molar-refractivity contribution in [2.24, 2.45) is 0 Å². The molecule has 0 amide bonds. The standard InChI is InChI=1S/C14H12I2N4/c15-13-5-17-19(9-13)7-11-1-2-12(4-3-11)8-20-10-14(16)6-18-20/h1-6,9-10H,7-8H2. The molecule has 20 heavy (non-hydrogen) atoms. The molecular formula is C14H12I2N4. The van der Waals surface area contributed by atoms with Gasteiger partial charge in [0.15, 0.2) is 0 Å². The number of benzene rings is 1. The lowest BCUT2D eigenvalue weighted by Crippen LogP contribution is -2.02. The van der Waals surface area contributed by atoms with Gasteiger partial charge in [0.05, 0.1) is 32.6 Å². The maximum absolute atomic E-state index is 4.30. The molecule has 0 bridgehead atoms. The fourth-order valence-electron chi connectivity index (χ4n) is 1.97. The molecule has 0 N–H and O–H groups in total. The minimum atomic E-state index is 0.808. The van der Waals surface area contributed by atoms with Gasteiger partial charge >= 0.3 is 0 Å². The molecule has 3 aromatic rings. The lowest BCUT2D eigenvalue weighted by molar-refractivity contribution is 0.678. The molecule has 0 aliphatic carbocycles. The zero-order valence-electron chi connectivity index (χ0n) is 10.6. The molecule has 0 fully saturated rings. The summed E-state index contributed by atoms with van der Waals surface area (Å²) >= 11 is 4.54. The van der Waals surface area contributed by atoms with Crippen molar-refractivity contribution in [1.82, 2.24) is 19.6 Å². The van der Waals surface area contributed by atoms with E-state index in [1.165, 1.54) is 11.1 Å². The highest BCUT2D eigenvalue weighted by Gasteiger charge is 2.00. The van der Waals surface area contributed by atoms with Crippen LogP contribution in [0.25, 0.3) is 0 Å². The Morgan fingerprint density at radius 3 is 1.45 bits per heavy atom. The van der Waals surface area contributed by atoms with Crippen LogP contribution in [0.4, 0.5) is 0 Å². The minimum absolute atomic E-state index is 0.808. The van der Waals surface area contributed by atoms with Gasteiger partial charge in [-0.3, -0.25) is 9.36 Å². The Bertz CT molecular complexity index is 639. The monoisotopic (exact) mass is 490 g/mol. The van der Waals surface area contributed by atoms with E-state index >= 15 is 0 Å². The maximum atomic E-state index is 4.30. The van der Waals surface area contributed by atoms with Gasteiger partial charge in [0, 0.05) is 12.4 Å². The van der Waals surface area contributed by atoms with E-state index in [4.69, 9.17) is 0 Å². The fourth-order valence-corrected chi connectivity index (χ4v) is 2.87. The van der Waals surface area contributed by atoms with Crippen LogP contribution in [0.2, 0.25) is 0 Å². The third-order valence-corrected chi connectivity index (χ3v) is 4.03. The van der Waals surface area contributed by atoms with Crippen LogP contribution in [0.3, 0.4) is 0 Å². The van der Waals surface area contributed by atoms with E-state index in [0.29, 0.717) is 0 Å². The van der Waals surface area contributed by atoms with Gasteiger partial charge in [0.2, 0.25) is 0 Å². The van der Waals surface area contributed by atoms with Crippen molar-refractivity contribution in [3.05, 3.63) is 67.3 Å². The van der Waals surface area contributed by atoms with Crippen LogP contribution in [0.15, 0.2) is 49.1 Å². The molecule has 4 nitrogen and oxygen atoms in total. The van der Waals surface area contributed by atoms with Gasteiger partial charge in [-0.05, 0) is 56.3 Å². The van der Waals surface area contributed by atoms with E-state index in [1.54, 1.807) is 0 Å². The molecule has 0 radical (unpaired) electrons. The molecule has 0 spiro atoms. The Labute approximate surface area is 144 Å². The van der Waals surface area contributed by atoms with E-state index in [1.807, 2.05) is 34.2 Å². The number of hydrogen-bond acceptors (Lipinski definition) is 2. The van der Waals surface area contributed by atoms with Crippen LogP contribution in [0, 0.1) is 7.14 Å². The van der Waals surface area contributed by atoms with Gasteiger partial charge in [-0.1, -0.05) is 24.3 Å². The molecule has 2 heterocycles. The summed E-state index contributed by atoms with van der Waals surface area (Å²) in [7, 11) is 0. The summed E-state index contributed by atoms with van der Waals surface area (Å²) in [4.78, 5) is 0. The van der Waals surface area contributed by atoms with E-state index in [2.05, 4.69) is 79.6 Å². The van der Waals surface area contributed by atoms with E-state index in [-0.39, 0.29) is 0 Å². The molecule has 0 saturated heterocycles. The molecule has 0 unspecified atom stereocenters. The lowest BCUT2D eigenvalue weighted by Gasteiger charge is -2.05.